The van der Waals surface area contributed by atoms with E-state index in [1.54, 1.807) is 13.2 Å². The largest absolute Gasteiger partial charge is 0.489 e. The first kappa shape index (κ1) is 21.8. The fourth-order valence-corrected chi connectivity index (χ4v) is 3.28. The molecule has 2 aromatic carbocycles. The molecule has 9 heteroatoms. The minimum absolute atomic E-state index is 0.0207. The summed E-state index contributed by atoms with van der Waals surface area (Å²) in [4.78, 5) is 17.3. The number of nitrogens with zero attached hydrogens (tertiary/aromatic N) is 1. The van der Waals surface area contributed by atoms with E-state index in [9.17, 15) is 13.2 Å². The third-order valence-corrected chi connectivity index (χ3v) is 5.63. The average molecular weight is 408 g/mol. The molecule has 0 spiro atoms. The monoisotopic (exact) mass is 408 g/mol. The number of benzene rings is 2. The van der Waals surface area contributed by atoms with Crippen molar-refractivity contribution in [3.63, 3.8) is 0 Å². The van der Waals surface area contributed by atoms with Gasteiger partial charge < -0.3 is 14.8 Å². The first-order valence-electron chi connectivity index (χ1n) is 8.46. The maximum Gasteiger partial charge on any atom is 0.264 e. The highest BCUT2D eigenvalue weighted by atomic mass is 32.2. The zero-order valence-electron chi connectivity index (χ0n) is 16.3. The van der Waals surface area contributed by atoms with E-state index in [1.807, 2.05) is 19.1 Å². The lowest BCUT2D eigenvalue weighted by atomic mass is 10.2. The Morgan fingerprint density at radius 2 is 1.75 bits per heavy atom. The molecule has 0 fully saturated rings. The van der Waals surface area contributed by atoms with E-state index in [-0.39, 0.29) is 10.8 Å². The SMILES string of the molecule is COCCOc1cc(C)ccc1NC(=O)c1ccc(S(=O)(=O)N(C)OC)cc1. The van der Waals surface area contributed by atoms with Gasteiger partial charge in [-0.25, -0.2) is 8.42 Å². The molecule has 1 amide bonds. The first-order chi connectivity index (χ1) is 13.3. The highest BCUT2D eigenvalue weighted by molar-refractivity contribution is 7.89. The second kappa shape index (κ2) is 9.65. The van der Waals surface area contributed by atoms with Crippen molar-refractivity contribution in [1.29, 1.82) is 0 Å². The second-order valence-corrected chi connectivity index (χ2v) is 7.85. The van der Waals surface area contributed by atoms with Crippen LogP contribution in [0.25, 0.3) is 0 Å². The summed E-state index contributed by atoms with van der Waals surface area (Å²) in [5.41, 5.74) is 1.81. The molecular formula is C19H24N2O6S. The predicted molar refractivity (Wildman–Crippen MR) is 105 cm³/mol. The fraction of sp³-hybridized carbons (Fsp3) is 0.316. The van der Waals surface area contributed by atoms with Gasteiger partial charge in [0.2, 0.25) is 0 Å². The van der Waals surface area contributed by atoms with Gasteiger partial charge in [-0.2, -0.15) is 0 Å². The number of sulfonamides is 1. The Morgan fingerprint density at radius 1 is 1.07 bits per heavy atom. The van der Waals surface area contributed by atoms with Crippen molar-refractivity contribution in [3.05, 3.63) is 53.6 Å². The Kier molecular flexibility index (Phi) is 7.53. The number of rotatable bonds is 9. The molecular weight excluding hydrogens is 384 g/mol. The van der Waals surface area contributed by atoms with Gasteiger partial charge in [-0.05, 0) is 48.9 Å². The number of methoxy groups -OCH3 is 1. The van der Waals surface area contributed by atoms with Crippen molar-refractivity contribution < 1.29 is 27.5 Å². The molecule has 0 aliphatic carbocycles. The molecule has 0 radical (unpaired) electrons. The van der Waals surface area contributed by atoms with Crippen LogP contribution in [0.3, 0.4) is 0 Å². The third-order valence-electron chi connectivity index (χ3n) is 3.94. The van der Waals surface area contributed by atoms with Crippen LogP contribution in [-0.2, 0) is 19.6 Å². The minimum Gasteiger partial charge on any atom is -0.489 e. The van der Waals surface area contributed by atoms with E-state index in [0.29, 0.717) is 30.2 Å². The van der Waals surface area contributed by atoms with Gasteiger partial charge in [-0.15, -0.1) is 0 Å². The topological polar surface area (TPSA) is 94.2 Å². The Morgan fingerprint density at radius 3 is 2.36 bits per heavy atom. The maximum atomic E-state index is 12.6. The lowest BCUT2D eigenvalue weighted by Crippen LogP contribution is -2.25. The van der Waals surface area contributed by atoms with Gasteiger partial charge in [0.25, 0.3) is 15.9 Å². The summed E-state index contributed by atoms with van der Waals surface area (Å²) in [5, 5.41) is 2.78. The number of hydroxylamine groups is 1. The number of carbonyl (C=O) groups excluding carboxylic acids is 1. The van der Waals surface area contributed by atoms with Crippen LogP contribution < -0.4 is 10.1 Å². The summed E-state index contributed by atoms with van der Waals surface area (Å²) in [6.45, 7) is 2.70. The molecule has 0 aromatic heterocycles. The van der Waals surface area contributed by atoms with E-state index in [1.165, 1.54) is 38.4 Å². The molecule has 0 unspecified atom stereocenters. The summed E-state index contributed by atoms with van der Waals surface area (Å²) >= 11 is 0. The number of hydrogen-bond acceptors (Lipinski definition) is 6. The average Bonchev–Trinajstić information content (AvgIpc) is 2.69. The Bertz CT molecular complexity index is 913. The minimum atomic E-state index is -3.77. The molecule has 0 aliphatic heterocycles. The predicted octanol–water partition coefficient (Wildman–Crippen LogP) is 2.45. The number of hydrogen-bond donors (Lipinski definition) is 1. The van der Waals surface area contributed by atoms with Crippen molar-refractivity contribution in [2.24, 2.45) is 0 Å². The highest BCUT2D eigenvalue weighted by Gasteiger charge is 2.21. The molecule has 0 saturated heterocycles. The molecule has 0 atom stereocenters. The maximum absolute atomic E-state index is 12.6. The van der Waals surface area contributed by atoms with Gasteiger partial charge in [-0.1, -0.05) is 10.5 Å². The van der Waals surface area contributed by atoms with Gasteiger partial charge in [-0.3, -0.25) is 9.63 Å². The smallest absolute Gasteiger partial charge is 0.264 e. The second-order valence-electron chi connectivity index (χ2n) is 5.92. The molecule has 2 aromatic rings. The van der Waals surface area contributed by atoms with Crippen LogP contribution in [0.15, 0.2) is 47.4 Å². The summed E-state index contributed by atoms with van der Waals surface area (Å²) in [7, 11) is 0.360. The van der Waals surface area contributed by atoms with Crippen molar-refractivity contribution in [2.45, 2.75) is 11.8 Å². The van der Waals surface area contributed by atoms with Gasteiger partial charge >= 0.3 is 0 Å². The molecule has 8 nitrogen and oxygen atoms in total. The van der Waals surface area contributed by atoms with Gasteiger partial charge in [0.15, 0.2) is 0 Å². The van der Waals surface area contributed by atoms with Crippen LogP contribution in [-0.4, -0.2) is 53.3 Å². The highest BCUT2D eigenvalue weighted by Crippen LogP contribution is 2.26. The van der Waals surface area contributed by atoms with E-state index >= 15 is 0 Å². The summed E-state index contributed by atoms with van der Waals surface area (Å²) in [6, 6.07) is 11.0. The fourth-order valence-electron chi connectivity index (χ4n) is 2.31. The number of anilines is 1. The zero-order valence-corrected chi connectivity index (χ0v) is 17.1. The van der Waals surface area contributed by atoms with E-state index in [2.05, 4.69) is 5.32 Å². The van der Waals surface area contributed by atoms with Crippen LogP contribution in [0, 0.1) is 6.92 Å². The van der Waals surface area contributed by atoms with Crippen molar-refractivity contribution in [3.8, 4) is 5.75 Å². The van der Waals surface area contributed by atoms with Crippen LogP contribution >= 0.6 is 0 Å². The van der Waals surface area contributed by atoms with Crippen molar-refractivity contribution in [1.82, 2.24) is 4.47 Å². The molecule has 0 heterocycles. The van der Waals surface area contributed by atoms with Gasteiger partial charge in [0.05, 0.1) is 24.3 Å². The van der Waals surface area contributed by atoms with Gasteiger partial charge in [0, 0.05) is 19.7 Å². The molecule has 2 rings (SSSR count). The van der Waals surface area contributed by atoms with E-state index < -0.39 is 10.0 Å². The summed E-state index contributed by atoms with van der Waals surface area (Å²) in [5.74, 6) is 0.149. The molecule has 28 heavy (non-hydrogen) atoms. The van der Waals surface area contributed by atoms with Crippen molar-refractivity contribution in [2.75, 3.05) is 39.8 Å². The zero-order chi connectivity index (χ0) is 20.7. The van der Waals surface area contributed by atoms with Crippen LogP contribution in [0.1, 0.15) is 15.9 Å². The molecule has 0 bridgehead atoms. The Balaban J connectivity index is 2.17. The number of ether oxygens (including phenoxy) is 2. The Labute approximate surface area is 165 Å². The van der Waals surface area contributed by atoms with E-state index in [4.69, 9.17) is 14.3 Å². The number of aryl methyl sites for hydroxylation is 1. The normalized spacial score (nSPS) is 11.5. The quantitative estimate of drug-likeness (QED) is 0.506. The molecule has 152 valence electrons. The standard InChI is InChI=1S/C19H24N2O6S/c1-14-5-10-17(18(13-14)27-12-11-25-3)20-19(22)15-6-8-16(9-7-15)28(23,24)21(2)26-4/h5-10,13H,11-12H2,1-4H3,(H,20,22). The van der Waals surface area contributed by atoms with Crippen LogP contribution in [0.4, 0.5) is 5.69 Å². The number of nitrogens with one attached hydrogen (secondary N) is 1. The summed E-state index contributed by atoms with van der Waals surface area (Å²) < 4.78 is 35.8. The van der Waals surface area contributed by atoms with E-state index in [0.717, 1.165) is 10.0 Å². The number of amides is 1. The number of carbonyl (C=O) groups is 1. The lowest BCUT2D eigenvalue weighted by Gasteiger charge is -2.15. The molecule has 0 aliphatic rings. The summed E-state index contributed by atoms with van der Waals surface area (Å²) in [6.07, 6.45) is 0. The third kappa shape index (κ3) is 5.29. The molecule has 0 saturated carbocycles. The lowest BCUT2D eigenvalue weighted by molar-refractivity contribution is -0.0258. The Hall–Kier alpha value is -2.46. The van der Waals surface area contributed by atoms with Crippen molar-refractivity contribution >= 4 is 21.6 Å². The van der Waals surface area contributed by atoms with Crippen LogP contribution in [0.2, 0.25) is 0 Å². The van der Waals surface area contributed by atoms with Crippen LogP contribution in [0.5, 0.6) is 5.75 Å². The van der Waals surface area contributed by atoms with Gasteiger partial charge in [0.1, 0.15) is 12.4 Å². The molecule has 1 N–H and O–H groups in total. The first-order valence-corrected chi connectivity index (χ1v) is 9.90.